The van der Waals surface area contributed by atoms with Gasteiger partial charge in [-0.05, 0) is 78.1 Å². The monoisotopic (exact) mass is 670 g/mol. The SMILES string of the molecule is N#Cc1cccc2c1-c1ccc(-c3nc(-c4ccc5c(c4)oc4ccccc45)nc(-c4ccc5c(c4)oc4ccccc45)n3)cc1C21CCCCC1. The van der Waals surface area contributed by atoms with Crippen LogP contribution in [0.5, 0.6) is 0 Å². The van der Waals surface area contributed by atoms with Crippen LogP contribution < -0.4 is 0 Å². The average molecular weight is 671 g/mol. The van der Waals surface area contributed by atoms with Crippen molar-refractivity contribution >= 4 is 43.9 Å². The van der Waals surface area contributed by atoms with Gasteiger partial charge in [0.1, 0.15) is 22.3 Å². The van der Waals surface area contributed by atoms with Crippen LogP contribution in [0.15, 0.2) is 130 Å². The Morgan fingerprint density at radius 2 is 1.04 bits per heavy atom. The largest absolute Gasteiger partial charge is 0.456 e. The van der Waals surface area contributed by atoms with Crippen LogP contribution in [0.3, 0.4) is 0 Å². The first-order valence-electron chi connectivity index (χ1n) is 18.0. The molecule has 1 saturated carbocycles. The molecule has 6 aromatic carbocycles. The fraction of sp³-hybridized carbons (Fsp3) is 0.130. The third-order valence-electron chi connectivity index (χ3n) is 11.4. The van der Waals surface area contributed by atoms with Crippen molar-refractivity contribution in [1.29, 1.82) is 5.26 Å². The highest BCUT2D eigenvalue weighted by Crippen LogP contribution is 2.57. The quantitative estimate of drug-likeness (QED) is 0.186. The number of aromatic nitrogens is 3. The first kappa shape index (κ1) is 29.2. The Kier molecular flexibility index (Phi) is 6.15. The van der Waals surface area contributed by atoms with Gasteiger partial charge < -0.3 is 8.83 Å². The van der Waals surface area contributed by atoms with Crippen molar-refractivity contribution in [3.63, 3.8) is 0 Å². The Morgan fingerprint density at radius 3 is 1.63 bits per heavy atom. The van der Waals surface area contributed by atoms with Crippen LogP contribution in [0.4, 0.5) is 0 Å². The molecule has 11 rings (SSSR count). The van der Waals surface area contributed by atoms with E-state index in [1.54, 1.807) is 0 Å². The van der Waals surface area contributed by atoms with E-state index >= 15 is 0 Å². The Hall–Kier alpha value is -6.58. The number of rotatable bonds is 3. The molecule has 52 heavy (non-hydrogen) atoms. The van der Waals surface area contributed by atoms with Crippen molar-refractivity contribution in [1.82, 2.24) is 15.0 Å². The summed E-state index contributed by atoms with van der Waals surface area (Å²) in [5.74, 6) is 1.73. The molecule has 6 heteroatoms. The summed E-state index contributed by atoms with van der Waals surface area (Å²) in [7, 11) is 0. The molecule has 0 unspecified atom stereocenters. The van der Waals surface area contributed by atoms with E-state index < -0.39 is 0 Å². The Balaban J connectivity index is 1.12. The summed E-state index contributed by atoms with van der Waals surface area (Å²) in [6, 6.07) is 43.8. The number of fused-ring (bicyclic) bond motifs is 11. The third kappa shape index (κ3) is 4.20. The van der Waals surface area contributed by atoms with E-state index in [0.29, 0.717) is 17.5 Å². The number of furan rings is 2. The second-order valence-corrected chi connectivity index (χ2v) is 14.2. The zero-order chi connectivity index (χ0) is 34.4. The minimum atomic E-state index is -0.122. The van der Waals surface area contributed by atoms with E-state index in [9.17, 15) is 5.26 Å². The van der Waals surface area contributed by atoms with Gasteiger partial charge in [0.25, 0.3) is 0 Å². The summed E-state index contributed by atoms with van der Waals surface area (Å²) in [6.07, 6.45) is 5.68. The number of benzene rings is 6. The summed E-state index contributed by atoms with van der Waals surface area (Å²) >= 11 is 0. The van der Waals surface area contributed by atoms with E-state index in [2.05, 4.69) is 66.7 Å². The second-order valence-electron chi connectivity index (χ2n) is 14.2. The van der Waals surface area contributed by atoms with Crippen LogP contribution in [-0.2, 0) is 5.41 Å². The Bertz CT molecular complexity index is 2840. The van der Waals surface area contributed by atoms with Gasteiger partial charge in [0, 0.05) is 49.2 Å². The zero-order valence-electron chi connectivity index (χ0n) is 28.2. The molecule has 1 fully saturated rings. The first-order valence-corrected chi connectivity index (χ1v) is 18.0. The molecule has 0 radical (unpaired) electrons. The van der Waals surface area contributed by atoms with Crippen molar-refractivity contribution in [2.75, 3.05) is 0 Å². The van der Waals surface area contributed by atoms with Crippen LogP contribution in [0.1, 0.15) is 48.8 Å². The molecule has 2 aliphatic rings. The predicted molar refractivity (Wildman–Crippen MR) is 205 cm³/mol. The van der Waals surface area contributed by atoms with Gasteiger partial charge in [0.15, 0.2) is 17.5 Å². The molecular weight excluding hydrogens is 641 g/mol. The predicted octanol–water partition coefficient (Wildman–Crippen LogP) is 11.8. The third-order valence-corrected chi connectivity index (χ3v) is 11.4. The molecular formula is C46H30N4O2. The molecule has 246 valence electrons. The minimum absolute atomic E-state index is 0.122. The smallest absolute Gasteiger partial charge is 0.164 e. The normalized spacial score (nSPS) is 14.7. The van der Waals surface area contributed by atoms with Gasteiger partial charge in [-0.1, -0.05) is 92.1 Å². The minimum Gasteiger partial charge on any atom is -0.456 e. The molecule has 0 saturated heterocycles. The van der Waals surface area contributed by atoms with Crippen LogP contribution in [0.25, 0.3) is 89.2 Å². The van der Waals surface area contributed by atoms with Gasteiger partial charge in [-0.2, -0.15) is 5.26 Å². The maximum absolute atomic E-state index is 10.1. The molecule has 9 aromatic rings. The summed E-state index contributed by atoms with van der Waals surface area (Å²) < 4.78 is 12.6. The topological polar surface area (TPSA) is 88.7 Å². The molecule has 0 aliphatic heterocycles. The lowest BCUT2D eigenvalue weighted by atomic mass is 9.67. The second kappa shape index (κ2) is 11.0. The standard InChI is InChI=1S/C46H30N4O2/c47-26-30-9-8-12-36-42(30)35-20-17-27(23-37(35)46(36)21-6-1-7-22-46)43-48-44(28-15-18-33-31-10-2-4-13-38(31)51-40(33)24-28)50-45(49-43)29-16-19-34-32-11-3-5-14-39(32)52-41(34)25-29/h2-5,8-20,23-25H,1,6-7,21-22H2. The molecule has 0 bridgehead atoms. The Labute approximate surface area is 299 Å². The van der Waals surface area contributed by atoms with E-state index in [1.807, 2.05) is 60.7 Å². The summed E-state index contributed by atoms with van der Waals surface area (Å²) in [5.41, 5.74) is 11.3. The highest BCUT2D eigenvalue weighted by Gasteiger charge is 2.44. The van der Waals surface area contributed by atoms with Crippen LogP contribution >= 0.6 is 0 Å². The number of nitriles is 1. The van der Waals surface area contributed by atoms with Gasteiger partial charge in [0.2, 0.25) is 0 Å². The summed E-state index contributed by atoms with van der Waals surface area (Å²) in [4.78, 5) is 15.4. The lowest BCUT2D eigenvalue weighted by molar-refractivity contribution is 0.353. The van der Waals surface area contributed by atoms with Gasteiger partial charge in [-0.15, -0.1) is 0 Å². The fourth-order valence-corrected chi connectivity index (χ4v) is 8.96. The van der Waals surface area contributed by atoms with Crippen LogP contribution in [-0.4, -0.2) is 15.0 Å². The van der Waals surface area contributed by atoms with E-state index in [0.717, 1.165) is 103 Å². The maximum atomic E-state index is 10.1. The van der Waals surface area contributed by atoms with Crippen molar-refractivity contribution in [3.8, 4) is 51.4 Å². The molecule has 0 amide bonds. The van der Waals surface area contributed by atoms with E-state index in [1.165, 1.54) is 17.5 Å². The molecule has 3 aromatic heterocycles. The van der Waals surface area contributed by atoms with Gasteiger partial charge in [-0.25, -0.2) is 15.0 Å². The molecule has 2 aliphatic carbocycles. The highest BCUT2D eigenvalue weighted by atomic mass is 16.3. The summed E-state index contributed by atoms with van der Waals surface area (Å²) in [6.45, 7) is 0. The number of nitrogens with zero attached hydrogens (tertiary/aromatic N) is 4. The van der Waals surface area contributed by atoms with Crippen molar-refractivity contribution in [3.05, 3.63) is 138 Å². The van der Waals surface area contributed by atoms with Gasteiger partial charge in [-0.3, -0.25) is 0 Å². The highest BCUT2D eigenvalue weighted by molar-refractivity contribution is 6.06. The Morgan fingerprint density at radius 1 is 0.500 bits per heavy atom. The van der Waals surface area contributed by atoms with Crippen molar-refractivity contribution < 1.29 is 8.83 Å². The molecule has 0 atom stereocenters. The first-order chi connectivity index (χ1) is 25.7. The molecule has 6 nitrogen and oxygen atoms in total. The lowest BCUT2D eigenvalue weighted by Crippen LogP contribution is -2.28. The van der Waals surface area contributed by atoms with Gasteiger partial charge >= 0.3 is 0 Å². The van der Waals surface area contributed by atoms with Crippen molar-refractivity contribution in [2.24, 2.45) is 0 Å². The molecule has 1 spiro atoms. The lowest BCUT2D eigenvalue weighted by Gasteiger charge is -2.36. The average Bonchev–Trinajstić information content (AvgIpc) is 3.85. The number of hydrogen-bond acceptors (Lipinski definition) is 6. The maximum Gasteiger partial charge on any atom is 0.164 e. The molecule has 3 heterocycles. The van der Waals surface area contributed by atoms with Gasteiger partial charge in [0.05, 0.1) is 11.6 Å². The van der Waals surface area contributed by atoms with Crippen LogP contribution in [0.2, 0.25) is 0 Å². The summed E-state index contributed by atoms with van der Waals surface area (Å²) in [5, 5.41) is 14.4. The molecule has 0 N–H and O–H groups in total. The van der Waals surface area contributed by atoms with Crippen LogP contribution in [0, 0.1) is 11.3 Å². The number of hydrogen-bond donors (Lipinski definition) is 0. The zero-order valence-corrected chi connectivity index (χ0v) is 28.2. The van der Waals surface area contributed by atoms with E-state index in [4.69, 9.17) is 23.8 Å². The van der Waals surface area contributed by atoms with Crippen molar-refractivity contribution in [2.45, 2.75) is 37.5 Å². The fourth-order valence-electron chi connectivity index (χ4n) is 8.96. The number of para-hydroxylation sites is 2. The van der Waals surface area contributed by atoms with E-state index in [-0.39, 0.29) is 5.41 Å².